The highest BCUT2D eigenvalue weighted by Gasteiger charge is 2.23. The van der Waals surface area contributed by atoms with Crippen LogP contribution in [0.15, 0.2) is 36.7 Å². The minimum absolute atomic E-state index is 0.00646. The molecule has 3 heterocycles. The summed E-state index contributed by atoms with van der Waals surface area (Å²) in [6.07, 6.45) is 3.86. The molecule has 1 amide bonds. The average Bonchev–Trinajstić information content (AvgIpc) is 3.33. The zero-order valence-electron chi connectivity index (χ0n) is 15.1. The maximum Gasteiger partial charge on any atom is 0.277 e. The number of hydrogen-bond donors (Lipinski definition) is 3. The highest BCUT2D eigenvalue weighted by molar-refractivity contribution is 7.19. The maximum absolute atomic E-state index is 14.0. The van der Waals surface area contributed by atoms with Crippen LogP contribution >= 0.6 is 11.3 Å². The van der Waals surface area contributed by atoms with Crippen LogP contribution in [0.2, 0.25) is 0 Å². The molecule has 3 aromatic rings. The second kappa shape index (κ2) is 8.10. The first-order chi connectivity index (χ1) is 14.0. The van der Waals surface area contributed by atoms with E-state index in [9.17, 15) is 13.6 Å². The van der Waals surface area contributed by atoms with Gasteiger partial charge in [-0.1, -0.05) is 17.4 Å². The van der Waals surface area contributed by atoms with Gasteiger partial charge in [-0.25, -0.2) is 13.8 Å². The number of pyridine rings is 1. The number of thiazole rings is 1. The Hall–Kier alpha value is -3.11. The van der Waals surface area contributed by atoms with E-state index in [1.54, 1.807) is 12.3 Å². The number of ether oxygens (including phenoxy) is 1. The third-order valence-corrected chi connectivity index (χ3v) is 5.29. The molecule has 1 aliphatic heterocycles. The zero-order chi connectivity index (χ0) is 20.4. The molecule has 4 N–H and O–H groups in total. The number of rotatable bonds is 5. The second-order valence-corrected chi connectivity index (χ2v) is 7.42. The van der Waals surface area contributed by atoms with Crippen molar-refractivity contribution in [3.63, 3.8) is 0 Å². The van der Waals surface area contributed by atoms with Crippen molar-refractivity contribution < 1.29 is 18.3 Å². The lowest BCUT2D eigenvalue weighted by Crippen LogP contribution is -2.21. The van der Waals surface area contributed by atoms with Crippen molar-refractivity contribution in [2.45, 2.75) is 12.5 Å². The molecule has 1 aliphatic rings. The number of halogens is 2. The molecule has 0 spiro atoms. The molecule has 10 heteroatoms. The lowest BCUT2D eigenvalue weighted by Gasteiger charge is -2.15. The van der Waals surface area contributed by atoms with Crippen LogP contribution in [-0.4, -0.2) is 35.1 Å². The molecule has 0 radical (unpaired) electrons. The van der Waals surface area contributed by atoms with Gasteiger partial charge in [0, 0.05) is 18.8 Å². The molecule has 29 heavy (non-hydrogen) atoms. The van der Waals surface area contributed by atoms with E-state index >= 15 is 0 Å². The van der Waals surface area contributed by atoms with Gasteiger partial charge in [-0.2, -0.15) is 0 Å². The van der Waals surface area contributed by atoms with Gasteiger partial charge in [0.15, 0.2) is 5.69 Å². The number of carbonyl (C=O) groups excluding carboxylic acids is 1. The highest BCUT2D eigenvalue weighted by atomic mass is 32.1. The van der Waals surface area contributed by atoms with Crippen molar-refractivity contribution in [3.8, 4) is 16.3 Å². The monoisotopic (exact) mass is 417 g/mol. The lowest BCUT2D eigenvalue weighted by molar-refractivity contribution is 0.102. The van der Waals surface area contributed by atoms with E-state index in [2.05, 4.69) is 20.6 Å². The molecule has 7 nitrogen and oxygen atoms in total. The van der Waals surface area contributed by atoms with E-state index in [4.69, 9.17) is 10.5 Å². The molecule has 1 saturated heterocycles. The Morgan fingerprint density at radius 2 is 2.10 bits per heavy atom. The first-order valence-electron chi connectivity index (χ1n) is 8.86. The summed E-state index contributed by atoms with van der Waals surface area (Å²) in [5.74, 6) is -1.71. The number of nitrogens with two attached hydrogens (primary N) is 1. The number of amides is 1. The molecule has 0 saturated carbocycles. The number of nitrogen functional groups attached to an aromatic ring is 1. The summed E-state index contributed by atoms with van der Waals surface area (Å²) >= 11 is 0.836. The fourth-order valence-electron chi connectivity index (χ4n) is 2.97. The third kappa shape index (κ3) is 4.03. The number of benzene rings is 1. The molecule has 0 aliphatic carbocycles. The summed E-state index contributed by atoms with van der Waals surface area (Å²) in [6.45, 7) is 1.58. The Morgan fingerprint density at radius 3 is 2.83 bits per heavy atom. The Morgan fingerprint density at radius 1 is 1.31 bits per heavy atom. The standard InChI is InChI=1S/C19H17F2N5O2S/c20-11-2-1-3-12(21)15(11)19-26-16(17(22)29-19)18(27)25-13-9-24-7-5-14(13)28-10-4-6-23-8-10/h1-3,5,7,9-10,23H,4,6,8,22H2,(H,25,27). The normalized spacial score (nSPS) is 16.0. The van der Waals surface area contributed by atoms with Gasteiger partial charge in [-0.05, 0) is 25.1 Å². The molecule has 150 valence electrons. The largest absolute Gasteiger partial charge is 0.487 e. The van der Waals surface area contributed by atoms with Crippen molar-refractivity contribution >= 4 is 27.9 Å². The molecular formula is C19H17F2N5O2S. The summed E-state index contributed by atoms with van der Waals surface area (Å²) in [4.78, 5) is 20.8. The third-order valence-electron chi connectivity index (χ3n) is 4.38. The topological polar surface area (TPSA) is 102 Å². The number of anilines is 2. The Balaban J connectivity index is 1.58. The minimum Gasteiger partial charge on any atom is -0.487 e. The molecule has 1 aromatic carbocycles. The predicted molar refractivity (Wildman–Crippen MR) is 106 cm³/mol. The van der Waals surface area contributed by atoms with Gasteiger partial charge < -0.3 is 21.1 Å². The molecule has 4 rings (SSSR count). The number of nitrogens with one attached hydrogen (secondary N) is 2. The average molecular weight is 417 g/mol. The molecular weight excluding hydrogens is 400 g/mol. The van der Waals surface area contributed by atoms with E-state index < -0.39 is 17.5 Å². The van der Waals surface area contributed by atoms with Crippen LogP contribution in [0, 0.1) is 11.6 Å². The van der Waals surface area contributed by atoms with E-state index in [1.807, 2.05) is 0 Å². The number of aromatic nitrogens is 2. The highest BCUT2D eigenvalue weighted by Crippen LogP contribution is 2.34. The Labute approximate surface area is 168 Å². The molecule has 1 unspecified atom stereocenters. The predicted octanol–water partition coefficient (Wildman–Crippen LogP) is 3.06. The van der Waals surface area contributed by atoms with Gasteiger partial charge in [0.1, 0.15) is 39.2 Å². The smallest absolute Gasteiger partial charge is 0.277 e. The van der Waals surface area contributed by atoms with E-state index in [1.165, 1.54) is 12.3 Å². The molecule has 0 bridgehead atoms. The Kier molecular flexibility index (Phi) is 5.36. The van der Waals surface area contributed by atoms with E-state index in [0.717, 1.165) is 36.4 Å². The quantitative estimate of drug-likeness (QED) is 0.590. The van der Waals surface area contributed by atoms with E-state index in [0.29, 0.717) is 18.0 Å². The number of hydrogen-bond acceptors (Lipinski definition) is 7. The summed E-state index contributed by atoms with van der Waals surface area (Å²) in [5.41, 5.74) is 5.82. The van der Waals surface area contributed by atoms with Crippen molar-refractivity contribution in [3.05, 3.63) is 54.0 Å². The van der Waals surface area contributed by atoms with Crippen LogP contribution in [0.25, 0.3) is 10.6 Å². The summed E-state index contributed by atoms with van der Waals surface area (Å²) in [5, 5.41) is 5.90. The SMILES string of the molecule is Nc1sc(-c2c(F)cccc2F)nc1C(=O)Nc1cnccc1OC1CCNC1. The lowest BCUT2D eigenvalue weighted by atomic mass is 10.2. The summed E-state index contributed by atoms with van der Waals surface area (Å²) in [7, 11) is 0. The molecule has 1 fully saturated rings. The van der Waals surface area contributed by atoms with Gasteiger partial charge in [0.2, 0.25) is 0 Å². The molecule has 1 atom stereocenters. The van der Waals surface area contributed by atoms with Gasteiger partial charge in [0.25, 0.3) is 5.91 Å². The van der Waals surface area contributed by atoms with Crippen LogP contribution in [0.1, 0.15) is 16.9 Å². The van der Waals surface area contributed by atoms with Crippen LogP contribution in [0.4, 0.5) is 19.5 Å². The van der Waals surface area contributed by atoms with Crippen molar-refractivity contribution in [1.29, 1.82) is 0 Å². The van der Waals surface area contributed by atoms with Crippen LogP contribution in [0.3, 0.4) is 0 Å². The van der Waals surface area contributed by atoms with E-state index in [-0.39, 0.29) is 27.4 Å². The zero-order valence-corrected chi connectivity index (χ0v) is 15.9. The fourth-order valence-corrected chi connectivity index (χ4v) is 3.85. The first kappa shape index (κ1) is 19.2. The van der Waals surface area contributed by atoms with Crippen LogP contribution in [0.5, 0.6) is 5.75 Å². The van der Waals surface area contributed by atoms with Crippen molar-refractivity contribution in [2.75, 3.05) is 24.1 Å². The first-order valence-corrected chi connectivity index (χ1v) is 9.68. The van der Waals surface area contributed by atoms with Crippen LogP contribution in [-0.2, 0) is 0 Å². The maximum atomic E-state index is 14.0. The van der Waals surface area contributed by atoms with Crippen molar-refractivity contribution in [1.82, 2.24) is 15.3 Å². The number of nitrogens with zero attached hydrogens (tertiary/aromatic N) is 2. The van der Waals surface area contributed by atoms with Crippen LogP contribution < -0.4 is 21.1 Å². The fraction of sp³-hybridized carbons (Fsp3) is 0.211. The van der Waals surface area contributed by atoms with Gasteiger partial charge >= 0.3 is 0 Å². The van der Waals surface area contributed by atoms with Crippen molar-refractivity contribution in [2.24, 2.45) is 0 Å². The molecule has 2 aromatic heterocycles. The summed E-state index contributed by atoms with van der Waals surface area (Å²) in [6, 6.07) is 5.14. The van der Waals surface area contributed by atoms with Gasteiger partial charge in [-0.15, -0.1) is 0 Å². The summed E-state index contributed by atoms with van der Waals surface area (Å²) < 4.78 is 34.0. The minimum atomic E-state index is -0.779. The second-order valence-electron chi connectivity index (χ2n) is 6.39. The Bertz CT molecular complexity index is 1030. The number of carbonyl (C=O) groups is 1. The van der Waals surface area contributed by atoms with Gasteiger partial charge in [0.05, 0.1) is 11.8 Å². The van der Waals surface area contributed by atoms with Gasteiger partial charge in [-0.3, -0.25) is 9.78 Å².